The van der Waals surface area contributed by atoms with Crippen LogP contribution in [0, 0.1) is 5.82 Å². The van der Waals surface area contributed by atoms with Gasteiger partial charge in [0.05, 0.1) is 11.9 Å². The second-order valence-corrected chi connectivity index (χ2v) is 6.30. The Hall–Kier alpha value is -2.66. The van der Waals surface area contributed by atoms with E-state index in [2.05, 4.69) is 34.2 Å². The molecule has 0 fully saturated rings. The van der Waals surface area contributed by atoms with E-state index in [9.17, 15) is 4.39 Å². The van der Waals surface area contributed by atoms with Crippen LogP contribution in [0.5, 0.6) is 5.75 Å². The van der Waals surface area contributed by atoms with Gasteiger partial charge in [0, 0.05) is 24.2 Å². The monoisotopic (exact) mass is 337 g/mol. The van der Waals surface area contributed by atoms with Gasteiger partial charge < -0.3 is 4.74 Å². The van der Waals surface area contributed by atoms with E-state index in [4.69, 9.17) is 4.74 Å². The number of fused-ring (bicyclic) bond motifs is 1. The Morgan fingerprint density at radius 2 is 2.04 bits per heavy atom. The molecule has 2 aromatic carbocycles. The second-order valence-electron chi connectivity index (χ2n) is 6.30. The van der Waals surface area contributed by atoms with Crippen LogP contribution in [0.1, 0.15) is 23.6 Å². The number of nitrogens with one attached hydrogen (secondary N) is 1. The zero-order valence-electron chi connectivity index (χ0n) is 14.1. The van der Waals surface area contributed by atoms with Crippen molar-refractivity contribution in [1.82, 2.24) is 15.1 Å². The van der Waals surface area contributed by atoms with Gasteiger partial charge in [0.15, 0.2) is 0 Å². The molecule has 0 unspecified atom stereocenters. The Morgan fingerprint density at radius 3 is 2.88 bits per heavy atom. The molecule has 4 nitrogen and oxygen atoms in total. The molecule has 4 rings (SSSR count). The minimum absolute atomic E-state index is 0.266. The van der Waals surface area contributed by atoms with E-state index in [1.54, 1.807) is 12.3 Å². The maximum Gasteiger partial charge on any atom is 0.123 e. The van der Waals surface area contributed by atoms with E-state index >= 15 is 0 Å². The number of nitrogens with zero attached hydrogens (tertiary/aromatic N) is 2. The van der Waals surface area contributed by atoms with Crippen LogP contribution >= 0.6 is 0 Å². The van der Waals surface area contributed by atoms with Gasteiger partial charge in [0.1, 0.15) is 18.2 Å². The molecule has 0 aliphatic carbocycles. The van der Waals surface area contributed by atoms with Gasteiger partial charge >= 0.3 is 0 Å². The average Bonchev–Trinajstić information content (AvgIpc) is 3.25. The van der Waals surface area contributed by atoms with Gasteiger partial charge in [-0.25, -0.2) is 4.39 Å². The van der Waals surface area contributed by atoms with Gasteiger partial charge in [0.25, 0.3) is 0 Å². The van der Waals surface area contributed by atoms with Crippen LogP contribution in [0.4, 0.5) is 4.39 Å². The predicted molar refractivity (Wildman–Crippen MR) is 94.5 cm³/mol. The molecule has 128 valence electrons. The molecule has 3 aromatic rings. The Labute approximate surface area is 146 Å². The van der Waals surface area contributed by atoms with Crippen molar-refractivity contribution in [2.45, 2.75) is 26.6 Å². The molecule has 1 N–H and O–H groups in total. The zero-order valence-corrected chi connectivity index (χ0v) is 14.1. The molecule has 1 aromatic heterocycles. The first-order chi connectivity index (χ1) is 12.2. The fourth-order valence-corrected chi connectivity index (χ4v) is 3.23. The minimum Gasteiger partial charge on any atom is -0.489 e. The standard InChI is InChI=1S/C20H20FN3O/c1-2-24-11-15-6-7-19(9-16(15)12-24)25-13-17-10-22-23-20(17)14-4-3-5-18(21)8-14/h3-10H,2,11-13H2,1H3,(H,22,23). The third-order valence-electron chi connectivity index (χ3n) is 4.64. The predicted octanol–water partition coefficient (Wildman–Crippen LogP) is 4.13. The first kappa shape index (κ1) is 15.8. The van der Waals surface area contributed by atoms with Crippen molar-refractivity contribution in [3.05, 3.63) is 71.2 Å². The van der Waals surface area contributed by atoms with Crippen molar-refractivity contribution < 1.29 is 9.13 Å². The summed E-state index contributed by atoms with van der Waals surface area (Å²) in [6, 6.07) is 12.7. The molecular weight excluding hydrogens is 317 g/mol. The molecule has 0 radical (unpaired) electrons. The molecule has 0 amide bonds. The summed E-state index contributed by atoms with van der Waals surface area (Å²) in [4.78, 5) is 2.40. The van der Waals surface area contributed by atoms with Gasteiger partial charge in [-0.2, -0.15) is 5.10 Å². The van der Waals surface area contributed by atoms with Crippen molar-refractivity contribution in [3.8, 4) is 17.0 Å². The first-order valence-electron chi connectivity index (χ1n) is 8.48. The third kappa shape index (κ3) is 3.28. The molecule has 1 aliphatic heterocycles. The van der Waals surface area contributed by atoms with Gasteiger partial charge in [-0.1, -0.05) is 25.1 Å². The lowest BCUT2D eigenvalue weighted by Gasteiger charge is -2.09. The lowest BCUT2D eigenvalue weighted by atomic mass is 10.1. The lowest BCUT2D eigenvalue weighted by molar-refractivity contribution is 0.299. The van der Waals surface area contributed by atoms with Crippen molar-refractivity contribution in [2.24, 2.45) is 0 Å². The van der Waals surface area contributed by atoms with E-state index < -0.39 is 0 Å². The van der Waals surface area contributed by atoms with Crippen molar-refractivity contribution >= 4 is 0 Å². The minimum atomic E-state index is -0.266. The molecular formula is C20H20FN3O. The Morgan fingerprint density at radius 1 is 1.16 bits per heavy atom. The summed E-state index contributed by atoms with van der Waals surface area (Å²) in [5, 5.41) is 7.02. The van der Waals surface area contributed by atoms with Crippen molar-refractivity contribution in [2.75, 3.05) is 6.54 Å². The Kier molecular flexibility index (Phi) is 4.24. The normalized spacial score (nSPS) is 13.8. The van der Waals surface area contributed by atoms with Gasteiger partial charge in [0.2, 0.25) is 0 Å². The molecule has 0 bridgehead atoms. The highest BCUT2D eigenvalue weighted by atomic mass is 19.1. The van der Waals surface area contributed by atoms with Crippen LogP contribution in [-0.2, 0) is 19.7 Å². The zero-order chi connectivity index (χ0) is 17.2. The summed E-state index contributed by atoms with van der Waals surface area (Å²) in [6.45, 7) is 5.60. The molecule has 0 saturated carbocycles. The molecule has 0 atom stereocenters. The molecule has 2 heterocycles. The van der Waals surface area contributed by atoms with Gasteiger partial charge in [-0.3, -0.25) is 10.00 Å². The van der Waals surface area contributed by atoms with Crippen LogP contribution in [-0.4, -0.2) is 21.6 Å². The number of hydrogen-bond acceptors (Lipinski definition) is 3. The molecule has 0 saturated heterocycles. The molecule has 5 heteroatoms. The van der Waals surface area contributed by atoms with Crippen LogP contribution in [0.3, 0.4) is 0 Å². The highest BCUT2D eigenvalue weighted by Gasteiger charge is 2.18. The van der Waals surface area contributed by atoms with E-state index in [0.29, 0.717) is 6.61 Å². The largest absolute Gasteiger partial charge is 0.489 e. The third-order valence-corrected chi connectivity index (χ3v) is 4.64. The molecule has 1 aliphatic rings. The number of aromatic nitrogens is 2. The highest BCUT2D eigenvalue weighted by Crippen LogP contribution is 2.28. The lowest BCUT2D eigenvalue weighted by Crippen LogP contribution is -2.14. The number of benzene rings is 2. The van der Waals surface area contributed by atoms with E-state index in [0.717, 1.165) is 42.2 Å². The van der Waals surface area contributed by atoms with E-state index in [1.165, 1.54) is 23.3 Å². The number of halogens is 1. The van der Waals surface area contributed by atoms with Crippen molar-refractivity contribution in [3.63, 3.8) is 0 Å². The maximum atomic E-state index is 13.5. The summed E-state index contributed by atoms with van der Waals surface area (Å²) >= 11 is 0. The number of hydrogen-bond donors (Lipinski definition) is 1. The fourth-order valence-electron chi connectivity index (χ4n) is 3.23. The molecule has 25 heavy (non-hydrogen) atoms. The SMILES string of the molecule is CCN1Cc2ccc(OCc3cn[nH]c3-c3cccc(F)c3)cc2C1. The van der Waals surface area contributed by atoms with Crippen LogP contribution in [0.15, 0.2) is 48.7 Å². The van der Waals surface area contributed by atoms with E-state index in [1.807, 2.05) is 12.1 Å². The molecule has 0 spiro atoms. The smallest absolute Gasteiger partial charge is 0.123 e. The number of ether oxygens (including phenoxy) is 1. The summed E-state index contributed by atoms with van der Waals surface area (Å²) in [5.74, 6) is 0.584. The number of H-pyrrole nitrogens is 1. The van der Waals surface area contributed by atoms with Crippen molar-refractivity contribution in [1.29, 1.82) is 0 Å². The quantitative estimate of drug-likeness (QED) is 0.761. The Balaban J connectivity index is 1.49. The van der Waals surface area contributed by atoms with Crippen LogP contribution in [0.25, 0.3) is 11.3 Å². The topological polar surface area (TPSA) is 41.1 Å². The van der Waals surface area contributed by atoms with Crippen LogP contribution < -0.4 is 4.74 Å². The summed E-state index contributed by atoms with van der Waals surface area (Å²) in [6.07, 6.45) is 1.73. The second kappa shape index (κ2) is 6.69. The highest BCUT2D eigenvalue weighted by molar-refractivity contribution is 5.62. The van der Waals surface area contributed by atoms with E-state index in [-0.39, 0.29) is 5.82 Å². The average molecular weight is 337 g/mol. The van der Waals surface area contributed by atoms with Gasteiger partial charge in [-0.05, 0) is 41.9 Å². The maximum absolute atomic E-state index is 13.5. The van der Waals surface area contributed by atoms with Crippen LogP contribution in [0.2, 0.25) is 0 Å². The summed E-state index contributed by atoms with van der Waals surface area (Å²) in [7, 11) is 0. The summed E-state index contributed by atoms with van der Waals surface area (Å²) in [5.41, 5.74) is 5.16. The number of aromatic amines is 1. The fraction of sp³-hybridized carbons (Fsp3) is 0.250. The van der Waals surface area contributed by atoms with Gasteiger partial charge in [-0.15, -0.1) is 0 Å². The first-order valence-corrected chi connectivity index (χ1v) is 8.48. The summed E-state index contributed by atoms with van der Waals surface area (Å²) < 4.78 is 19.4. The number of rotatable bonds is 5. The Bertz CT molecular complexity index is 890.